The fraction of sp³-hybridized carbons (Fsp3) is 0.115. The normalized spacial score (nSPS) is 10.9. The molecular formula is C26H18F3N. The minimum atomic E-state index is -0.903. The first-order chi connectivity index (χ1) is 14.5. The molecule has 30 heavy (non-hydrogen) atoms. The van der Waals surface area contributed by atoms with Crippen LogP contribution in [0.25, 0.3) is 33.0 Å². The maximum absolute atomic E-state index is 15.2. The van der Waals surface area contributed by atoms with Crippen LogP contribution in [0.5, 0.6) is 0 Å². The number of halogens is 3. The van der Waals surface area contributed by atoms with Gasteiger partial charge >= 0.3 is 0 Å². The van der Waals surface area contributed by atoms with Crippen LogP contribution in [0, 0.1) is 28.8 Å². The Balaban J connectivity index is 1.71. The Hall–Kier alpha value is -3.58. The first-order valence-corrected chi connectivity index (χ1v) is 9.73. The molecule has 0 saturated heterocycles. The number of hydrogen-bond acceptors (Lipinski definition) is 1. The van der Waals surface area contributed by atoms with Gasteiger partial charge in [0.15, 0.2) is 0 Å². The SMILES string of the molecule is CCCc1ccc2c(F)c(-c3ccc(-c4cc(F)c(C#N)c(F)c4)cc3)ccc2c1. The molecule has 0 aliphatic carbocycles. The van der Waals surface area contributed by atoms with Crippen molar-refractivity contribution in [3.8, 4) is 28.3 Å². The van der Waals surface area contributed by atoms with Crippen molar-refractivity contribution in [1.82, 2.24) is 0 Å². The number of aryl methyl sites for hydroxylation is 1. The minimum absolute atomic E-state index is 0.293. The highest BCUT2D eigenvalue weighted by Gasteiger charge is 2.13. The van der Waals surface area contributed by atoms with E-state index in [9.17, 15) is 8.78 Å². The third-order valence-corrected chi connectivity index (χ3v) is 5.24. The Morgan fingerprint density at radius 1 is 0.767 bits per heavy atom. The maximum atomic E-state index is 15.2. The van der Waals surface area contributed by atoms with E-state index in [2.05, 4.69) is 6.92 Å². The molecule has 0 unspecified atom stereocenters. The molecule has 4 heteroatoms. The average molecular weight is 401 g/mol. The molecule has 4 aromatic rings. The largest absolute Gasteiger partial charge is 0.206 e. The molecule has 0 spiro atoms. The number of rotatable bonds is 4. The lowest BCUT2D eigenvalue weighted by Gasteiger charge is -2.10. The van der Waals surface area contributed by atoms with Crippen LogP contribution >= 0.6 is 0 Å². The van der Waals surface area contributed by atoms with E-state index in [1.54, 1.807) is 30.3 Å². The first kappa shape index (κ1) is 19.7. The van der Waals surface area contributed by atoms with Gasteiger partial charge in [0.2, 0.25) is 0 Å². The van der Waals surface area contributed by atoms with E-state index in [1.165, 1.54) is 11.6 Å². The summed E-state index contributed by atoms with van der Waals surface area (Å²) in [5.74, 6) is -2.10. The Morgan fingerprint density at radius 2 is 1.43 bits per heavy atom. The number of fused-ring (bicyclic) bond motifs is 1. The van der Waals surface area contributed by atoms with E-state index in [0.717, 1.165) is 30.4 Å². The molecule has 0 radical (unpaired) electrons. The van der Waals surface area contributed by atoms with Gasteiger partial charge in [0.1, 0.15) is 29.1 Å². The number of hydrogen-bond donors (Lipinski definition) is 0. The van der Waals surface area contributed by atoms with Gasteiger partial charge in [0.25, 0.3) is 0 Å². The molecule has 0 amide bonds. The Labute approximate surface area is 173 Å². The molecule has 0 saturated carbocycles. The van der Waals surface area contributed by atoms with Gasteiger partial charge in [0.05, 0.1) is 0 Å². The molecule has 148 valence electrons. The minimum Gasteiger partial charge on any atom is -0.206 e. The number of nitrogens with zero attached hydrogens (tertiary/aromatic N) is 1. The van der Waals surface area contributed by atoms with E-state index >= 15 is 4.39 Å². The van der Waals surface area contributed by atoms with Gasteiger partial charge in [-0.05, 0) is 46.2 Å². The lowest BCUT2D eigenvalue weighted by molar-refractivity contribution is 0.577. The molecule has 0 atom stereocenters. The van der Waals surface area contributed by atoms with Crippen molar-refractivity contribution in [2.45, 2.75) is 19.8 Å². The second kappa shape index (κ2) is 8.04. The van der Waals surface area contributed by atoms with E-state index in [0.29, 0.717) is 27.6 Å². The van der Waals surface area contributed by atoms with Crippen molar-refractivity contribution in [3.63, 3.8) is 0 Å². The smallest absolute Gasteiger partial charge is 0.144 e. The van der Waals surface area contributed by atoms with E-state index in [1.807, 2.05) is 24.3 Å². The van der Waals surface area contributed by atoms with Gasteiger partial charge in [-0.15, -0.1) is 0 Å². The van der Waals surface area contributed by atoms with Crippen molar-refractivity contribution in [3.05, 3.63) is 95.3 Å². The predicted octanol–water partition coefficient (Wildman–Crippen LogP) is 7.42. The topological polar surface area (TPSA) is 23.8 Å². The predicted molar refractivity (Wildman–Crippen MR) is 113 cm³/mol. The van der Waals surface area contributed by atoms with Gasteiger partial charge in [-0.3, -0.25) is 0 Å². The monoisotopic (exact) mass is 401 g/mol. The standard InChI is InChI=1S/C26H18F3N/c1-2-3-16-4-10-22-19(12-16)9-11-21(26(22)29)18-7-5-17(6-8-18)20-13-24(27)23(15-30)25(28)14-20/h4-14H,2-3H2,1H3. The van der Waals surface area contributed by atoms with E-state index < -0.39 is 17.2 Å². The van der Waals surface area contributed by atoms with Crippen LogP contribution in [0.3, 0.4) is 0 Å². The zero-order chi connectivity index (χ0) is 21.3. The summed E-state index contributed by atoms with van der Waals surface area (Å²) in [7, 11) is 0. The first-order valence-electron chi connectivity index (χ1n) is 9.73. The van der Waals surface area contributed by atoms with Crippen LogP contribution < -0.4 is 0 Å². The molecule has 0 aromatic heterocycles. The fourth-order valence-corrected chi connectivity index (χ4v) is 3.70. The maximum Gasteiger partial charge on any atom is 0.144 e. The Bertz CT molecular complexity index is 1260. The van der Waals surface area contributed by atoms with Gasteiger partial charge in [-0.25, -0.2) is 13.2 Å². The lowest BCUT2D eigenvalue weighted by Crippen LogP contribution is -1.92. The van der Waals surface area contributed by atoms with Crippen LogP contribution in [0.15, 0.2) is 66.7 Å². The lowest BCUT2D eigenvalue weighted by atomic mass is 9.96. The zero-order valence-corrected chi connectivity index (χ0v) is 16.3. The molecule has 0 aliphatic rings. The molecule has 0 aliphatic heterocycles. The molecule has 0 fully saturated rings. The molecular weight excluding hydrogens is 383 g/mol. The van der Waals surface area contributed by atoms with Crippen molar-refractivity contribution in [1.29, 1.82) is 5.26 Å². The summed E-state index contributed by atoms with van der Waals surface area (Å²) in [6.07, 6.45) is 1.99. The molecule has 1 nitrogen and oxygen atoms in total. The van der Waals surface area contributed by atoms with Gasteiger partial charge in [-0.1, -0.05) is 67.9 Å². The van der Waals surface area contributed by atoms with E-state index in [-0.39, 0.29) is 5.82 Å². The van der Waals surface area contributed by atoms with Crippen LogP contribution in [-0.4, -0.2) is 0 Å². The third-order valence-electron chi connectivity index (χ3n) is 5.24. The highest BCUT2D eigenvalue weighted by atomic mass is 19.1. The van der Waals surface area contributed by atoms with Crippen molar-refractivity contribution >= 4 is 10.8 Å². The van der Waals surface area contributed by atoms with Crippen LogP contribution in [0.2, 0.25) is 0 Å². The van der Waals surface area contributed by atoms with Crippen LogP contribution in [-0.2, 0) is 6.42 Å². The molecule has 4 rings (SSSR count). The molecule has 4 aromatic carbocycles. The second-order valence-corrected chi connectivity index (χ2v) is 7.24. The second-order valence-electron chi connectivity index (χ2n) is 7.24. The van der Waals surface area contributed by atoms with Crippen LogP contribution in [0.4, 0.5) is 13.2 Å². The van der Waals surface area contributed by atoms with Crippen molar-refractivity contribution < 1.29 is 13.2 Å². The number of nitriles is 1. The summed E-state index contributed by atoms with van der Waals surface area (Å²) in [4.78, 5) is 0. The van der Waals surface area contributed by atoms with Crippen molar-refractivity contribution in [2.75, 3.05) is 0 Å². The van der Waals surface area contributed by atoms with Gasteiger partial charge in [0, 0.05) is 10.9 Å². The van der Waals surface area contributed by atoms with Gasteiger partial charge in [-0.2, -0.15) is 5.26 Å². The van der Waals surface area contributed by atoms with Gasteiger partial charge < -0.3 is 0 Å². The molecule has 0 bridgehead atoms. The van der Waals surface area contributed by atoms with Crippen molar-refractivity contribution in [2.24, 2.45) is 0 Å². The summed E-state index contributed by atoms with van der Waals surface area (Å²) in [5.41, 5.74) is 2.61. The summed E-state index contributed by atoms with van der Waals surface area (Å²) in [5, 5.41) is 10.2. The summed E-state index contributed by atoms with van der Waals surface area (Å²) < 4.78 is 43.0. The fourth-order valence-electron chi connectivity index (χ4n) is 3.70. The summed E-state index contributed by atoms with van der Waals surface area (Å²) in [6.45, 7) is 2.11. The number of benzene rings is 4. The molecule has 0 heterocycles. The van der Waals surface area contributed by atoms with Crippen LogP contribution in [0.1, 0.15) is 24.5 Å². The Kier molecular flexibility index (Phi) is 5.29. The van der Waals surface area contributed by atoms with E-state index in [4.69, 9.17) is 5.26 Å². The highest BCUT2D eigenvalue weighted by molar-refractivity contribution is 5.89. The molecule has 0 N–H and O–H groups in total. The average Bonchev–Trinajstić information content (AvgIpc) is 2.74. The Morgan fingerprint density at radius 3 is 2.07 bits per heavy atom. The highest BCUT2D eigenvalue weighted by Crippen LogP contribution is 2.32. The zero-order valence-electron chi connectivity index (χ0n) is 16.3. The third kappa shape index (κ3) is 3.55. The quantitative estimate of drug-likeness (QED) is 0.349. The summed E-state index contributed by atoms with van der Waals surface area (Å²) >= 11 is 0. The summed E-state index contributed by atoms with van der Waals surface area (Å²) in [6, 6.07) is 20.0.